The summed E-state index contributed by atoms with van der Waals surface area (Å²) in [6.45, 7) is 4.40. The first-order chi connectivity index (χ1) is 9.47. The number of aryl methyl sites for hydroxylation is 2. The Morgan fingerprint density at radius 3 is 2.75 bits per heavy atom. The van der Waals surface area contributed by atoms with Gasteiger partial charge in [0, 0.05) is 18.3 Å². The Morgan fingerprint density at radius 1 is 1.35 bits per heavy atom. The molecule has 20 heavy (non-hydrogen) atoms. The zero-order valence-corrected chi connectivity index (χ0v) is 12.4. The fraction of sp³-hybridized carbons (Fsp3) is 0.286. The third-order valence-corrected chi connectivity index (χ3v) is 4.04. The predicted octanol–water partition coefficient (Wildman–Crippen LogP) is 3.24. The first kappa shape index (κ1) is 13.1. The second-order valence-electron chi connectivity index (χ2n) is 5.01. The van der Waals surface area contributed by atoms with Crippen molar-refractivity contribution in [1.82, 2.24) is 19.3 Å². The van der Waals surface area contributed by atoms with E-state index in [2.05, 4.69) is 10.1 Å². The lowest BCUT2D eigenvalue weighted by Crippen LogP contribution is -2.02. The molecule has 0 spiro atoms. The highest BCUT2D eigenvalue weighted by molar-refractivity contribution is 7.71. The Morgan fingerprint density at radius 2 is 2.10 bits per heavy atom. The monoisotopic (exact) mass is 290 g/mol. The van der Waals surface area contributed by atoms with Crippen LogP contribution in [0.4, 0.5) is 4.39 Å². The number of nitrogens with one attached hydrogen (secondary N) is 1. The molecule has 0 bridgehead atoms. The van der Waals surface area contributed by atoms with Crippen LogP contribution in [-0.4, -0.2) is 19.3 Å². The van der Waals surface area contributed by atoms with E-state index in [-0.39, 0.29) is 5.82 Å². The number of halogens is 1. The van der Waals surface area contributed by atoms with Gasteiger partial charge in [0.2, 0.25) is 0 Å². The van der Waals surface area contributed by atoms with Crippen LogP contribution in [0.3, 0.4) is 0 Å². The average Bonchev–Trinajstić information content (AvgIpc) is 2.86. The van der Waals surface area contributed by atoms with Crippen LogP contribution in [-0.2, 0) is 13.6 Å². The standard InChI is InChI=1S/C14H15FN4S/c1-8-4-13-12(5-11(8)15)17-14(20)19(13)7-10-6-16-18(3)9(10)2/h4-6H,7H2,1-3H3,(H,17,20). The Kier molecular flexibility index (Phi) is 2.97. The quantitative estimate of drug-likeness (QED) is 0.736. The summed E-state index contributed by atoms with van der Waals surface area (Å²) in [6.07, 6.45) is 1.84. The molecule has 0 amide bonds. The highest BCUT2D eigenvalue weighted by Gasteiger charge is 2.11. The van der Waals surface area contributed by atoms with Crippen molar-refractivity contribution in [2.45, 2.75) is 20.4 Å². The van der Waals surface area contributed by atoms with Crippen molar-refractivity contribution in [2.75, 3.05) is 0 Å². The molecule has 3 aromatic rings. The van der Waals surface area contributed by atoms with Gasteiger partial charge in [-0.1, -0.05) is 0 Å². The molecule has 0 radical (unpaired) electrons. The van der Waals surface area contributed by atoms with Crippen molar-refractivity contribution in [3.63, 3.8) is 0 Å². The van der Waals surface area contributed by atoms with Gasteiger partial charge in [0.05, 0.1) is 23.8 Å². The molecule has 0 unspecified atom stereocenters. The average molecular weight is 290 g/mol. The van der Waals surface area contributed by atoms with Crippen molar-refractivity contribution in [1.29, 1.82) is 0 Å². The summed E-state index contributed by atoms with van der Waals surface area (Å²) in [7, 11) is 1.91. The maximum Gasteiger partial charge on any atom is 0.178 e. The Labute approximate surface area is 120 Å². The van der Waals surface area contributed by atoms with Crippen LogP contribution in [0.2, 0.25) is 0 Å². The Balaban J connectivity index is 2.16. The summed E-state index contributed by atoms with van der Waals surface area (Å²) in [5.74, 6) is -0.224. The van der Waals surface area contributed by atoms with Crippen LogP contribution in [0.15, 0.2) is 18.3 Å². The van der Waals surface area contributed by atoms with E-state index in [0.29, 0.717) is 16.9 Å². The van der Waals surface area contributed by atoms with Gasteiger partial charge in [-0.15, -0.1) is 0 Å². The van der Waals surface area contributed by atoms with E-state index in [1.54, 1.807) is 6.92 Å². The fourth-order valence-electron chi connectivity index (χ4n) is 2.31. The molecule has 0 aliphatic heterocycles. The number of nitrogens with zero attached hydrogens (tertiary/aromatic N) is 3. The van der Waals surface area contributed by atoms with Crippen molar-refractivity contribution in [3.8, 4) is 0 Å². The van der Waals surface area contributed by atoms with Gasteiger partial charge in [-0.3, -0.25) is 4.68 Å². The summed E-state index contributed by atoms with van der Waals surface area (Å²) in [5.41, 5.74) is 4.45. The minimum atomic E-state index is -0.224. The summed E-state index contributed by atoms with van der Waals surface area (Å²) in [5, 5.41) is 4.24. The second-order valence-corrected chi connectivity index (χ2v) is 5.40. The minimum Gasteiger partial charge on any atom is -0.330 e. The molecular formula is C14H15FN4S. The predicted molar refractivity (Wildman–Crippen MR) is 78.9 cm³/mol. The number of hydrogen-bond acceptors (Lipinski definition) is 2. The van der Waals surface area contributed by atoms with Gasteiger partial charge in [-0.05, 0) is 43.8 Å². The lowest BCUT2D eigenvalue weighted by molar-refractivity contribution is 0.620. The van der Waals surface area contributed by atoms with Crippen molar-refractivity contribution >= 4 is 23.3 Å². The zero-order chi connectivity index (χ0) is 14.4. The SMILES string of the molecule is Cc1cc2c(cc1F)[nH]c(=S)n2Cc1cnn(C)c1C. The molecule has 6 heteroatoms. The molecule has 0 saturated carbocycles. The first-order valence-electron chi connectivity index (χ1n) is 6.33. The molecule has 1 aromatic carbocycles. The number of H-pyrrole nitrogens is 1. The van der Waals surface area contributed by atoms with Crippen molar-refractivity contribution in [2.24, 2.45) is 7.05 Å². The third kappa shape index (κ3) is 1.96. The molecule has 3 rings (SSSR count). The van der Waals surface area contributed by atoms with Crippen molar-refractivity contribution < 1.29 is 4.39 Å². The molecule has 104 valence electrons. The highest BCUT2D eigenvalue weighted by Crippen LogP contribution is 2.20. The fourth-order valence-corrected chi connectivity index (χ4v) is 2.58. The molecule has 0 atom stereocenters. The smallest absolute Gasteiger partial charge is 0.178 e. The summed E-state index contributed by atoms with van der Waals surface area (Å²) < 4.78 is 18.0. The van der Waals surface area contributed by atoms with Crippen LogP contribution in [0.1, 0.15) is 16.8 Å². The van der Waals surface area contributed by atoms with Crippen LogP contribution in [0.5, 0.6) is 0 Å². The zero-order valence-electron chi connectivity index (χ0n) is 11.6. The van der Waals surface area contributed by atoms with Gasteiger partial charge >= 0.3 is 0 Å². The third-order valence-electron chi connectivity index (χ3n) is 3.72. The highest BCUT2D eigenvalue weighted by atomic mass is 32.1. The first-order valence-corrected chi connectivity index (χ1v) is 6.74. The summed E-state index contributed by atoms with van der Waals surface area (Å²) >= 11 is 5.35. The molecule has 0 saturated heterocycles. The molecule has 4 nitrogen and oxygen atoms in total. The van der Waals surface area contributed by atoms with E-state index in [9.17, 15) is 4.39 Å². The lowest BCUT2D eigenvalue weighted by atomic mass is 10.2. The number of benzene rings is 1. The number of rotatable bonds is 2. The van der Waals surface area contributed by atoms with E-state index in [0.717, 1.165) is 22.3 Å². The number of aromatic nitrogens is 4. The lowest BCUT2D eigenvalue weighted by Gasteiger charge is -2.05. The topological polar surface area (TPSA) is 38.5 Å². The van der Waals surface area contributed by atoms with Gasteiger partial charge in [0.15, 0.2) is 4.77 Å². The Bertz CT molecular complexity index is 856. The van der Waals surface area contributed by atoms with E-state index >= 15 is 0 Å². The summed E-state index contributed by atoms with van der Waals surface area (Å²) in [6, 6.07) is 3.32. The van der Waals surface area contributed by atoms with Crippen molar-refractivity contribution in [3.05, 3.63) is 45.7 Å². The number of hydrogen-bond donors (Lipinski definition) is 1. The van der Waals surface area contributed by atoms with E-state index in [1.165, 1.54) is 6.07 Å². The number of imidazole rings is 1. The van der Waals surface area contributed by atoms with Crippen LogP contribution < -0.4 is 0 Å². The Hall–Kier alpha value is -1.95. The van der Waals surface area contributed by atoms with Gasteiger partial charge in [0.1, 0.15) is 5.82 Å². The maximum absolute atomic E-state index is 13.6. The molecule has 0 fully saturated rings. The van der Waals surface area contributed by atoms with Gasteiger partial charge in [-0.25, -0.2) is 4.39 Å². The molecule has 0 aliphatic rings. The molecule has 2 aromatic heterocycles. The maximum atomic E-state index is 13.6. The summed E-state index contributed by atoms with van der Waals surface area (Å²) in [4.78, 5) is 3.05. The largest absolute Gasteiger partial charge is 0.330 e. The second kappa shape index (κ2) is 4.56. The van der Waals surface area contributed by atoms with E-state index in [1.807, 2.05) is 35.5 Å². The molecular weight excluding hydrogens is 275 g/mol. The minimum absolute atomic E-state index is 0.224. The number of fused-ring (bicyclic) bond motifs is 1. The van der Waals surface area contributed by atoms with Crippen LogP contribution in [0.25, 0.3) is 11.0 Å². The molecule has 2 heterocycles. The van der Waals surface area contributed by atoms with Gasteiger partial charge in [0.25, 0.3) is 0 Å². The van der Waals surface area contributed by atoms with Gasteiger partial charge < -0.3 is 9.55 Å². The number of aromatic amines is 1. The van der Waals surface area contributed by atoms with Crippen LogP contribution in [0, 0.1) is 24.4 Å². The molecule has 1 N–H and O–H groups in total. The molecule has 0 aliphatic carbocycles. The van der Waals surface area contributed by atoms with E-state index in [4.69, 9.17) is 12.2 Å². The van der Waals surface area contributed by atoms with Gasteiger partial charge in [-0.2, -0.15) is 5.10 Å². The van der Waals surface area contributed by atoms with Crippen LogP contribution >= 0.6 is 12.2 Å². The normalized spacial score (nSPS) is 11.4. The van der Waals surface area contributed by atoms with E-state index < -0.39 is 0 Å².